The van der Waals surface area contributed by atoms with Crippen LogP contribution in [0.1, 0.15) is 0 Å². The van der Waals surface area contributed by atoms with Crippen LogP contribution in [0, 0.1) is 0 Å². The van der Waals surface area contributed by atoms with Crippen molar-refractivity contribution in [2.45, 2.75) is 0 Å². The van der Waals surface area contributed by atoms with Crippen molar-refractivity contribution in [3.63, 3.8) is 0 Å². The molecule has 0 unspecified atom stereocenters. The minimum Gasteiger partial charge on any atom is -0.309 e. The summed E-state index contributed by atoms with van der Waals surface area (Å²) in [5, 5.41) is 15.0. The minimum absolute atomic E-state index is 1.08. The summed E-state index contributed by atoms with van der Waals surface area (Å²) in [4.78, 5) is 2.50. The van der Waals surface area contributed by atoms with Gasteiger partial charge in [0.15, 0.2) is 0 Å². The van der Waals surface area contributed by atoms with Crippen LogP contribution in [0.2, 0.25) is 0 Å². The third kappa shape index (κ3) is 6.55. The molecule has 0 fully saturated rings. The summed E-state index contributed by atoms with van der Waals surface area (Å²) in [6, 6.07) is 95.9. The van der Waals surface area contributed by atoms with E-state index in [1.54, 1.807) is 0 Å². The van der Waals surface area contributed by atoms with Gasteiger partial charge in [-0.05, 0) is 135 Å². The van der Waals surface area contributed by atoms with Gasteiger partial charge < -0.3 is 4.90 Å². The Morgan fingerprint density at radius 2 is 0.612 bits per heavy atom. The van der Waals surface area contributed by atoms with E-state index in [1.165, 1.54) is 109 Å². The SMILES string of the molecule is c1ccc(-c2cccc(-c3c(N(c4ccc(-c5ccc6c7ccccc7c7ccccc7c6c5)cc4)c4ccc(-c5cccc6ccccc56)cc4)c4ccccc4c4ccccc34)c2)cc1. The van der Waals surface area contributed by atoms with Gasteiger partial charge in [0, 0.05) is 22.3 Å². The highest BCUT2D eigenvalue weighted by Crippen LogP contribution is 2.50. The number of rotatable bonds is 7. The van der Waals surface area contributed by atoms with E-state index < -0.39 is 0 Å². The van der Waals surface area contributed by atoms with Crippen molar-refractivity contribution in [2.24, 2.45) is 0 Å². The summed E-state index contributed by atoms with van der Waals surface area (Å²) >= 11 is 0. The Hall–Kier alpha value is -8.78. The molecule has 13 aromatic rings. The lowest BCUT2D eigenvalue weighted by Crippen LogP contribution is -2.12. The molecule has 0 spiro atoms. The first-order valence-corrected chi connectivity index (χ1v) is 23.2. The fourth-order valence-electron chi connectivity index (χ4n) is 10.7. The third-order valence-electron chi connectivity index (χ3n) is 13.8. The molecule has 0 radical (unpaired) electrons. The van der Waals surface area contributed by atoms with Crippen LogP contribution in [-0.4, -0.2) is 0 Å². The van der Waals surface area contributed by atoms with E-state index in [0.717, 1.165) is 17.1 Å². The average molecular weight is 850 g/mol. The summed E-state index contributed by atoms with van der Waals surface area (Å²) in [6.07, 6.45) is 0. The van der Waals surface area contributed by atoms with Crippen molar-refractivity contribution in [3.05, 3.63) is 261 Å². The molecule has 312 valence electrons. The monoisotopic (exact) mass is 849 g/mol. The molecular weight excluding hydrogens is 807 g/mol. The van der Waals surface area contributed by atoms with Gasteiger partial charge >= 0.3 is 0 Å². The Bertz CT molecular complexity index is 3980. The predicted octanol–water partition coefficient (Wildman–Crippen LogP) is 18.7. The number of benzene rings is 13. The van der Waals surface area contributed by atoms with Gasteiger partial charge in [-0.1, -0.05) is 224 Å². The maximum Gasteiger partial charge on any atom is 0.0624 e. The van der Waals surface area contributed by atoms with Crippen molar-refractivity contribution >= 4 is 81.7 Å². The number of anilines is 3. The molecule has 13 aromatic carbocycles. The quantitative estimate of drug-likeness (QED) is 0.144. The summed E-state index contributed by atoms with van der Waals surface area (Å²) in [5.41, 5.74) is 12.9. The molecule has 0 amide bonds. The van der Waals surface area contributed by atoms with Gasteiger partial charge in [-0.2, -0.15) is 0 Å². The fourth-order valence-corrected chi connectivity index (χ4v) is 10.7. The Balaban J connectivity index is 1.04. The second-order valence-corrected chi connectivity index (χ2v) is 17.6. The number of nitrogens with zero attached hydrogens (tertiary/aromatic N) is 1. The lowest BCUT2D eigenvalue weighted by molar-refractivity contribution is 1.30. The highest BCUT2D eigenvalue weighted by molar-refractivity contribution is 6.26. The number of fused-ring (bicyclic) bond motifs is 10. The summed E-state index contributed by atoms with van der Waals surface area (Å²) in [7, 11) is 0. The lowest BCUT2D eigenvalue weighted by atomic mass is 9.88. The first kappa shape index (κ1) is 38.7. The lowest BCUT2D eigenvalue weighted by Gasteiger charge is -2.31. The van der Waals surface area contributed by atoms with Gasteiger partial charge in [0.25, 0.3) is 0 Å². The van der Waals surface area contributed by atoms with Crippen molar-refractivity contribution in [2.75, 3.05) is 4.90 Å². The second kappa shape index (κ2) is 16.0. The Morgan fingerprint density at radius 3 is 1.27 bits per heavy atom. The molecule has 0 aromatic heterocycles. The molecule has 0 saturated carbocycles. The number of hydrogen-bond donors (Lipinski definition) is 0. The maximum atomic E-state index is 2.50. The van der Waals surface area contributed by atoms with E-state index >= 15 is 0 Å². The Morgan fingerprint density at radius 1 is 0.209 bits per heavy atom. The van der Waals surface area contributed by atoms with E-state index in [1.807, 2.05) is 0 Å². The molecule has 1 heteroatoms. The molecule has 1 nitrogen and oxygen atoms in total. The van der Waals surface area contributed by atoms with Gasteiger partial charge in [0.2, 0.25) is 0 Å². The zero-order valence-corrected chi connectivity index (χ0v) is 36.8. The smallest absolute Gasteiger partial charge is 0.0624 e. The third-order valence-corrected chi connectivity index (χ3v) is 13.8. The van der Waals surface area contributed by atoms with Crippen LogP contribution in [-0.2, 0) is 0 Å². The Labute approximate surface area is 390 Å². The molecule has 0 aliphatic heterocycles. The average Bonchev–Trinajstić information content (AvgIpc) is 3.41. The summed E-state index contributed by atoms with van der Waals surface area (Å²) in [6.45, 7) is 0. The molecule has 0 aliphatic rings. The highest BCUT2D eigenvalue weighted by Gasteiger charge is 2.24. The molecule has 0 heterocycles. The van der Waals surface area contributed by atoms with E-state index in [0.29, 0.717) is 0 Å². The van der Waals surface area contributed by atoms with Crippen molar-refractivity contribution in [3.8, 4) is 44.5 Å². The molecule has 67 heavy (non-hydrogen) atoms. The van der Waals surface area contributed by atoms with Crippen LogP contribution in [0.4, 0.5) is 17.1 Å². The summed E-state index contributed by atoms with van der Waals surface area (Å²) in [5.74, 6) is 0. The normalized spacial score (nSPS) is 11.6. The molecule has 0 bridgehead atoms. The van der Waals surface area contributed by atoms with Crippen LogP contribution in [0.3, 0.4) is 0 Å². The minimum atomic E-state index is 1.08. The van der Waals surface area contributed by atoms with Gasteiger partial charge in [0.1, 0.15) is 0 Å². The van der Waals surface area contributed by atoms with E-state index in [4.69, 9.17) is 0 Å². The molecular formula is C66H43N. The van der Waals surface area contributed by atoms with Crippen molar-refractivity contribution in [1.82, 2.24) is 0 Å². The van der Waals surface area contributed by atoms with Gasteiger partial charge in [-0.25, -0.2) is 0 Å². The maximum absolute atomic E-state index is 2.50. The van der Waals surface area contributed by atoms with E-state index in [2.05, 4.69) is 266 Å². The second-order valence-electron chi connectivity index (χ2n) is 17.6. The first-order valence-electron chi connectivity index (χ1n) is 23.2. The van der Waals surface area contributed by atoms with Crippen LogP contribution in [0.5, 0.6) is 0 Å². The van der Waals surface area contributed by atoms with Gasteiger partial charge in [-0.3, -0.25) is 0 Å². The van der Waals surface area contributed by atoms with Crippen LogP contribution < -0.4 is 4.90 Å². The largest absolute Gasteiger partial charge is 0.309 e. The molecule has 0 saturated heterocycles. The zero-order chi connectivity index (χ0) is 44.3. The van der Waals surface area contributed by atoms with Crippen LogP contribution >= 0.6 is 0 Å². The molecule has 0 aliphatic carbocycles. The van der Waals surface area contributed by atoms with Crippen molar-refractivity contribution < 1.29 is 0 Å². The standard InChI is InChI=1S/C66H43N/c1-2-16-44(17-3-1)48-20-14-21-50(42-48)65-62-29-12-10-26-58(62)59-27-11-13-30-63(59)66(65)67(52-39-34-47(35-40-52)54-31-15-19-46-18-4-5-22-53(46)54)51-37-32-45(33-38-51)49-36-41-61-57-25-7-6-23-55(57)56-24-8-9-28-60(56)64(61)43-49/h1-43H. The van der Waals surface area contributed by atoms with Gasteiger partial charge in [-0.15, -0.1) is 0 Å². The zero-order valence-electron chi connectivity index (χ0n) is 36.8. The Kier molecular flexibility index (Phi) is 9.25. The number of hydrogen-bond acceptors (Lipinski definition) is 1. The van der Waals surface area contributed by atoms with Crippen LogP contribution in [0.25, 0.3) is 109 Å². The topological polar surface area (TPSA) is 3.24 Å². The van der Waals surface area contributed by atoms with Crippen molar-refractivity contribution in [1.29, 1.82) is 0 Å². The summed E-state index contributed by atoms with van der Waals surface area (Å²) < 4.78 is 0. The predicted molar refractivity (Wildman–Crippen MR) is 288 cm³/mol. The van der Waals surface area contributed by atoms with Gasteiger partial charge in [0.05, 0.1) is 5.69 Å². The first-order chi connectivity index (χ1) is 33.2. The highest BCUT2D eigenvalue weighted by atomic mass is 15.1. The molecule has 0 atom stereocenters. The van der Waals surface area contributed by atoms with E-state index in [9.17, 15) is 0 Å². The van der Waals surface area contributed by atoms with Crippen LogP contribution in [0.15, 0.2) is 261 Å². The molecule has 13 rings (SSSR count). The van der Waals surface area contributed by atoms with E-state index in [-0.39, 0.29) is 0 Å². The fraction of sp³-hybridized carbons (Fsp3) is 0. The molecule has 0 N–H and O–H groups in total.